The molecule has 0 aromatic heterocycles. The van der Waals surface area contributed by atoms with Crippen LogP contribution in [0.4, 0.5) is 0 Å². The number of benzene rings is 1. The van der Waals surface area contributed by atoms with Crippen molar-refractivity contribution in [1.29, 1.82) is 0 Å². The summed E-state index contributed by atoms with van der Waals surface area (Å²) in [6.07, 6.45) is 21.2. The molecule has 0 saturated heterocycles. The van der Waals surface area contributed by atoms with Gasteiger partial charge in [0, 0.05) is 17.0 Å². The Kier molecular flexibility index (Phi) is 4.21. The van der Waals surface area contributed by atoms with Gasteiger partial charge in [-0.05, 0) is 69.3 Å². The first-order valence-corrected chi connectivity index (χ1v) is 9.87. The van der Waals surface area contributed by atoms with Gasteiger partial charge in [0.25, 0.3) is 0 Å². The molecule has 138 valence electrons. The van der Waals surface area contributed by atoms with Crippen LogP contribution in [-0.2, 0) is 4.74 Å². The van der Waals surface area contributed by atoms with Crippen LogP contribution in [-0.4, -0.2) is 31.1 Å². The maximum absolute atomic E-state index is 6.17. The summed E-state index contributed by atoms with van der Waals surface area (Å²) in [6, 6.07) is 6.12. The van der Waals surface area contributed by atoms with Gasteiger partial charge < -0.3 is 4.74 Å². The van der Waals surface area contributed by atoms with Crippen LogP contribution in [0.25, 0.3) is 5.57 Å². The Morgan fingerprint density at radius 2 is 1.81 bits per heavy atom. The van der Waals surface area contributed by atoms with Crippen LogP contribution in [0.3, 0.4) is 0 Å². The van der Waals surface area contributed by atoms with E-state index in [-0.39, 0.29) is 11.0 Å². The van der Waals surface area contributed by atoms with E-state index in [1.54, 1.807) is 0 Å². The van der Waals surface area contributed by atoms with Crippen molar-refractivity contribution in [3.8, 4) is 24.7 Å². The van der Waals surface area contributed by atoms with Gasteiger partial charge in [0.1, 0.15) is 5.76 Å². The zero-order valence-corrected chi connectivity index (χ0v) is 16.5. The third-order valence-corrected chi connectivity index (χ3v) is 6.75. The van der Waals surface area contributed by atoms with Crippen molar-refractivity contribution in [3.63, 3.8) is 0 Å². The number of allylic oxidation sites excluding steroid dienone is 1. The molecule has 0 aliphatic heterocycles. The number of rotatable bonds is 4. The van der Waals surface area contributed by atoms with Gasteiger partial charge in [-0.1, -0.05) is 30.8 Å². The van der Waals surface area contributed by atoms with Crippen molar-refractivity contribution in [3.05, 3.63) is 52.8 Å². The van der Waals surface area contributed by atoms with E-state index in [4.69, 9.17) is 17.6 Å². The van der Waals surface area contributed by atoms with Gasteiger partial charge in [0.15, 0.2) is 0 Å². The van der Waals surface area contributed by atoms with Crippen LogP contribution in [0.1, 0.15) is 49.3 Å². The molecule has 0 unspecified atom stereocenters. The van der Waals surface area contributed by atoms with Crippen LogP contribution in [0, 0.1) is 36.0 Å². The summed E-state index contributed by atoms with van der Waals surface area (Å²) >= 11 is 0. The van der Waals surface area contributed by atoms with Gasteiger partial charge in [-0.25, -0.2) is 0 Å². The predicted octanol–water partition coefficient (Wildman–Crippen LogP) is 4.46. The molecule has 0 N–H and O–H groups in total. The van der Waals surface area contributed by atoms with E-state index in [2.05, 4.69) is 62.0 Å². The Labute approximate surface area is 163 Å². The Hall–Kier alpha value is -2.42. The highest BCUT2D eigenvalue weighted by Gasteiger charge is 2.65. The number of hydrogen-bond donors (Lipinski definition) is 0. The van der Waals surface area contributed by atoms with Crippen molar-refractivity contribution in [2.75, 3.05) is 20.7 Å². The third-order valence-electron chi connectivity index (χ3n) is 6.75. The van der Waals surface area contributed by atoms with Gasteiger partial charge in [-0.3, -0.25) is 4.90 Å². The maximum Gasteiger partial charge on any atom is 0.104 e. The second-order valence-electron chi connectivity index (χ2n) is 8.15. The topological polar surface area (TPSA) is 12.5 Å². The molecule has 2 bridgehead atoms. The van der Waals surface area contributed by atoms with Crippen LogP contribution < -0.4 is 0 Å². The van der Waals surface area contributed by atoms with Crippen molar-refractivity contribution in [2.24, 2.45) is 11.3 Å². The quantitative estimate of drug-likeness (QED) is 0.738. The number of ether oxygens (including phenoxy) is 1. The summed E-state index contributed by atoms with van der Waals surface area (Å²) in [7, 11) is 4.36. The summed E-state index contributed by atoms with van der Waals surface area (Å²) in [6.45, 7) is 2.78. The summed E-state index contributed by atoms with van der Waals surface area (Å²) in [4.78, 5) is 2.36. The minimum atomic E-state index is -0.163. The Balaban J connectivity index is 1.93. The number of likely N-dealkylation sites (N-methyl/N-ethyl adjacent to an activating group) is 1. The molecule has 3 atom stereocenters. The molecular formula is C25H27NO. The van der Waals surface area contributed by atoms with Crippen molar-refractivity contribution in [2.45, 2.75) is 38.1 Å². The molecule has 0 radical (unpaired) electrons. The van der Waals surface area contributed by atoms with Gasteiger partial charge in [0.2, 0.25) is 0 Å². The highest BCUT2D eigenvalue weighted by molar-refractivity contribution is 5.84. The van der Waals surface area contributed by atoms with Gasteiger partial charge in [0.05, 0.1) is 17.6 Å². The highest BCUT2D eigenvalue weighted by Crippen LogP contribution is 2.67. The van der Waals surface area contributed by atoms with E-state index in [0.29, 0.717) is 12.5 Å². The molecule has 3 aliphatic rings. The fraction of sp³-hybridized carbons (Fsp3) is 0.440. The van der Waals surface area contributed by atoms with Crippen LogP contribution in [0.5, 0.6) is 0 Å². The fourth-order valence-electron chi connectivity index (χ4n) is 5.70. The third kappa shape index (κ3) is 2.33. The summed E-state index contributed by atoms with van der Waals surface area (Å²) in [5.74, 6) is 7.20. The zero-order chi connectivity index (χ0) is 19.2. The molecule has 0 heterocycles. The first-order valence-electron chi connectivity index (χ1n) is 9.87. The molecule has 0 amide bonds. The highest BCUT2D eigenvalue weighted by atomic mass is 16.5. The normalized spacial score (nSPS) is 31.0. The zero-order valence-electron chi connectivity index (χ0n) is 16.5. The molecule has 2 heteroatoms. The molecule has 27 heavy (non-hydrogen) atoms. The van der Waals surface area contributed by atoms with Crippen LogP contribution in [0.2, 0.25) is 0 Å². The van der Waals surface area contributed by atoms with Gasteiger partial charge in [-0.15, -0.1) is 12.8 Å². The average molecular weight is 357 g/mol. The summed E-state index contributed by atoms with van der Waals surface area (Å²) in [5, 5.41) is 0. The minimum absolute atomic E-state index is 0.0102. The number of terminal acetylenes is 2. The predicted molar refractivity (Wildman–Crippen MR) is 111 cm³/mol. The Morgan fingerprint density at radius 3 is 2.41 bits per heavy atom. The second kappa shape index (κ2) is 6.33. The molecular weight excluding hydrogens is 330 g/mol. The summed E-state index contributed by atoms with van der Waals surface area (Å²) in [5.41, 5.74) is 4.00. The molecule has 1 aromatic rings. The lowest BCUT2D eigenvalue weighted by molar-refractivity contribution is 0.0759. The molecule has 1 saturated carbocycles. The fourth-order valence-corrected chi connectivity index (χ4v) is 5.70. The molecule has 4 rings (SSSR count). The molecule has 1 fully saturated rings. The lowest BCUT2D eigenvalue weighted by Crippen LogP contribution is -2.48. The number of hydrogen-bond acceptors (Lipinski definition) is 2. The van der Waals surface area contributed by atoms with Gasteiger partial charge in [-0.2, -0.15) is 0 Å². The first kappa shape index (κ1) is 18.0. The van der Waals surface area contributed by atoms with Crippen molar-refractivity contribution in [1.82, 2.24) is 4.90 Å². The summed E-state index contributed by atoms with van der Waals surface area (Å²) < 4.78 is 6.17. The van der Waals surface area contributed by atoms with Crippen molar-refractivity contribution < 1.29 is 4.74 Å². The van der Waals surface area contributed by atoms with E-state index < -0.39 is 0 Å². The molecule has 1 aromatic carbocycles. The van der Waals surface area contributed by atoms with E-state index in [1.807, 2.05) is 6.07 Å². The monoisotopic (exact) mass is 357 g/mol. The standard InChI is InChI=1S/C25H27NO/c1-6-18-13-19(7-2)15-20(14-18)21-16-24-12-10-9-11-22(24)25(21,26(4)5)17-23(24)27-8-3/h1-2,13-17,22H,8-12H2,3-5H3/t22-,24-,25-/m0/s1. The minimum Gasteiger partial charge on any atom is -0.498 e. The Morgan fingerprint density at radius 1 is 1.11 bits per heavy atom. The lowest BCUT2D eigenvalue weighted by Gasteiger charge is -2.43. The maximum atomic E-state index is 6.17. The van der Waals surface area contributed by atoms with E-state index in [0.717, 1.165) is 28.9 Å². The number of nitrogens with zero attached hydrogens (tertiary/aromatic N) is 1. The second-order valence-corrected chi connectivity index (χ2v) is 8.15. The molecule has 0 spiro atoms. The lowest BCUT2D eigenvalue weighted by atomic mass is 9.67. The van der Waals surface area contributed by atoms with E-state index in [9.17, 15) is 0 Å². The van der Waals surface area contributed by atoms with E-state index >= 15 is 0 Å². The average Bonchev–Trinajstić information content (AvgIpc) is 3.15. The van der Waals surface area contributed by atoms with E-state index in [1.165, 1.54) is 24.8 Å². The molecule has 3 aliphatic carbocycles. The van der Waals surface area contributed by atoms with Gasteiger partial charge >= 0.3 is 0 Å². The first-order chi connectivity index (χ1) is 13.0. The van der Waals surface area contributed by atoms with Crippen molar-refractivity contribution >= 4 is 5.57 Å². The smallest absolute Gasteiger partial charge is 0.104 e. The largest absolute Gasteiger partial charge is 0.498 e. The van der Waals surface area contributed by atoms with Crippen LogP contribution >= 0.6 is 0 Å². The SMILES string of the molecule is C#Cc1cc(C#C)cc(C2=C[C@@]34CCCC[C@@H]3[C@]2(N(C)C)C=C4OCC)c1. The van der Waals surface area contributed by atoms with Crippen LogP contribution in [0.15, 0.2) is 36.1 Å². The molecule has 2 nitrogen and oxygen atoms in total. The Bertz CT molecular complexity index is 890.